The molecule has 2 aromatic carbocycles. The van der Waals surface area contributed by atoms with Gasteiger partial charge in [-0.05, 0) is 42.5 Å². The van der Waals surface area contributed by atoms with Gasteiger partial charge in [0.05, 0.1) is 10.2 Å². The molecule has 1 aromatic heterocycles. The smallest absolute Gasteiger partial charge is 0.221 e. The predicted octanol–water partition coefficient (Wildman–Crippen LogP) is 4.25. The summed E-state index contributed by atoms with van der Waals surface area (Å²) in [5, 5.41) is 1.12. The van der Waals surface area contributed by atoms with Crippen LogP contribution in [-0.4, -0.2) is 24.9 Å². The highest BCUT2D eigenvalue weighted by atomic mass is 35.5. The summed E-state index contributed by atoms with van der Waals surface area (Å²) in [7, 11) is 3.98. The number of fused-ring (bicyclic) bond motifs is 1. The molecule has 0 atom stereocenters. The quantitative estimate of drug-likeness (QED) is 0.677. The van der Waals surface area contributed by atoms with Crippen LogP contribution in [0.15, 0.2) is 42.5 Å². The number of aromatic nitrogens is 1. The molecule has 3 nitrogen and oxygen atoms in total. The maximum atomic E-state index is 12.4. The number of thiazole rings is 1. The third-order valence-electron chi connectivity index (χ3n) is 3.19. The summed E-state index contributed by atoms with van der Waals surface area (Å²) in [5.74, 6) is -0.0701. The van der Waals surface area contributed by atoms with Gasteiger partial charge < -0.3 is 4.90 Å². The number of carbonyl (C=O) groups excluding carboxylic acids is 1. The Morgan fingerprint density at radius 3 is 2.52 bits per heavy atom. The van der Waals surface area contributed by atoms with Crippen molar-refractivity contribution in [3.63, 3.8) is 0 Å². The van der Waals surface area contributed by atoms with Gasteiger partial charge in [-0.3, -0.25) is 4.79 Å². The maximum absolute atomic E-state index is 12.4. The first kappa shape index (κ1) is 14.0. The van der Waals surface area contributed by atoms with Crippen LogP contribution in [0.4, 0.5) is 5.69 Å². The highest BCUT2D eigenvalue weighted by molar-refractivity contribution is 7.20. The van der Waals surface area contributed by atoms with Crippen molar-refractivity contribution in [2.45, 2.75) is 0 Å². The number of halogens is 1. The van der Waals surface area contributed by atoms with E-state index in [-0.39, 0.29) is 5.78 Å². The highest BCUT2D eigenvalue weighted by Gasteiger charge is 2.15. The molecular weight excluding hydrogens is 304 g/mol. The van der Waals surface area contributed by atoms with Gasteiger partial charge in [-0.15, -0.1) is 11.3 Å². The van der Waals surface area contributed by atoms with Crippen molar-refractivity contribution in [1.82, 2.24) is 4.98 Å². The van der Waals surface area contributed by atoms with Crippen LogP contribution < -0.4 is 4.90 Å². The fourth-order valence-corrected chi connectivity index (χ4v) is 3.10. The average molecular weight is 317 g/mol. The van der Waals surface area contributed by atoms with Gasteiger partial charge in [0.15, 0.2) is 5.01 Å². The first-order valence-corrected chi connectivity index (χ1v) is 7.62. The zero-order valence-corrected chi connectivity index (χ0v) is 13.2. The van der Waals surface area contributed by atoms with Gasteiger partial charge in [-0.1, -0.05) is 11.6 Å². The zero-order chi connectivity index (χ0) is 15.0. The Bertz CT molecular complexity index is 809. The lowest BCUT2D eigenvalue weighted by Crippen LogP contribution is -2.07. The lowest BCUT2D eigenvalue weighted by molar-refractivity contribution is 0.103. The molecule has 0 aliphatic heterocycles. The van der Waals surface area contributed by atoms with Gasteiger partial charge in [0.1, 0.15) is 0 Å². The van der Waals surface area contributed by atoms with Gasteiger partial charge in [0.25, 0.3) is 0 Å². The Morgan fingerprint density at radius 2 is 1.86 bits per heavy atom. The Kier molecular flexibility index (Phi) is 3.66. The normalized spacial score (nSPS) is 10.8. The summed E-state index contributed by atoms with van der Waals surface area (Å²) in [4.78, 5) is 18.9. The number of rotatable bonds is 3. The van der Waals surface area contributed by atoms with Crippen LogP contribution in [0.1, 0.15) is 15.4 Å². The molecule has 0 saturated carbocycles. The maximum Gasteiger partial charge on any atom is 0.221 e. The molecule has 0 unspecified atom stereocenters. The molecule has 0 spiro atoms. The molecule has 106 valence electrons. The van der Waals surface area contributed by atoms with E-state index in [2.05, 4.69) is 4.98 Å². The predicted molar refractivity (Wildman–Crippen MR) is 88.8 cm³/mol. The molecule has 0 radical (unpaired) electrons. The number of anilines is 1. The van der Waals surface area contributed by atoms with Crippen LogP contribution in [0.2, 0.25) is 5.02 Å². The summed E-state index contributed by atoms with van der Waals surface area (Å²) in [6.07, 6.45) is 0. The minimum absolute atomic E-state index is 0.0701. The highest BCUT2D eigenvalue weighted by Crippen LogP contribution is 2.27. The second-order valence-corrected chi connectivity index (χ2v) is 6.37. The van der Waals surface area contributed by atoms with Crippen LogP contribution in [-0.2, 0) is 0 Å². The summed E-state index contributed by atoms with van der Waals surface area (Å²) in [6, 6.07) is 12.9. The van der Waals surface area contributed by atoms with Crippen molar-refractivity contribution in [1.29, 1.82) is 0 Å². The van der Waals surface area contributed by atoms with Gasteiger partial charge in [0, 0.05) is 30.4 Å². The number of benzene rings is 2. The van der Waals surface area contributed by atoms with Crippen molar-refractivity contribution in [2.75, 3.05) is 19.0 Å². The fraction of sp³-hybridized carbons (Fsp3) is 0.125. The monoisotopic (exact) mass is 316 g/mol. The summed E-state index contributed by atoms with van der Waals surface area (Å²) < 4.78 is 1.01. The van der Waals surface area contributed by atoms with E-state index in [1.165, 1.54) is 11.3 Å². The zero-order valence-electron chi connectivity index (χ0n) is 11.6. The van der Waals surface area contributed by atoms with Crippen molar-refractivity contribution in [3.05, 3.63) is 58.1 Å². The first-order valence-electron chi connectivity index (χ1n) is 6.43. The van der Waals surface area contributed by atoms with Crippen LogP contribution in [0, 0.1) is 0 Å². The van der Waals surface area contributed by atoms with Gasteiger partial charge >= 0.3 is 0 Å². The van der Waals surface area contributed by atoms with Crippen LogP contribution >= 0.6 is 22.9 Å². The molecule has 0 aliphatic carbocycles. The van der Waals surface area contributed by atoms with E-state index in [0.29, 0.717) is 15.6 Å². The lowest BCUT2D eigenvalue weighted by atomic mass is 10.1. The third-order valence-corrected chi connectivity index (χ3v) is 4.46. The summed E-state index contributed by atoms with van der Waals surface area (Å²) >= 11 is 7.26. The molecule has 0 fully saturated rings. The molecule has 1 heterocycles. The van der Waals surface area contributed by atoms with Gasteiger partial charge in [0.2, 0.25) is 5.78 Å². The van der Waals surface area contributed by atoms with Crippen molar-refractivity contribution in [2.24, 2.45) is 0 Å². The van der Waals surface area contributed by atoms with Crippen LogP contribution in [0.5, 0.6) is 0 Å². The van der Waals surface area contributed by atoms with E-state index in [4.69, 9.17) is 11.6 Å². The van der Waals surface area contributed by atoms with E-state index in [0.717, 1.165) is 15.9 Å². The standard InChI is InChI=1S/C16H13ClN2OS/c1-19(2)12-7-8-13-14(9-12)21-16(18-13)15(20)10-3-5-11(17)6-4-10/h3-9H,1-2H3. The van der Waals surface area contributed by atoms with E-state index in [9.17, 15) is 4.79 Å². The molecule has 0 aliphatic rings. The van der Waals surface area contributed by atoms with Crippen molar-refractivity contribution < 1.29 is 4.79 Å². The molecule has 3 rings (SSSR count). The van der Waals surface area contributed by atoms with E-state index in [1.54, 1.807) is 24.3 Å². The molecular formula is C16H13ClN2OS. The molecule has 3 aromatic rings. The summed E-state index contributed by atoms with van der Waals surface area (Å²) in [5.41, 5.74) is 2.55. The molecule has 0 bridgehead atoms. The molecule has 0 N–H and O–H groups in total. The minimum atomic E-state index is -0.0701. The minimum Gasteiger partial charge on any atom is -0.378 e. The van der Waals surface area contributed by atoms with E-state index < -0.39 is 0 Å². The summed E-state index contributed by atoms with van der Waals surface area (Å²) in [6.45, 7) is 0. The second kappa shape index (κ2) is 5.47. The molecule has 0 saturated heterocycles. The van der Waals surface area contributed by atoms with Gasteiger partial charge in [-0.2, -0.15) is 0 Å². The molecule has 5 heteroatoms. The van der Waals surface area contributed by atoms with E-state index in [1.807, 2.05) is 37.2 Å². The largest absolute Gasteiger partial charge is 0.378 e. The number of nitrogens with zero attached hydrogens (tertiary/aromatic N) is 2. The van der Waals surface area contributed by atoms with Gasteiger partial charge in [-0.25, -0.2) is 4.98 Å². The number of ketones is 1. The Hall–Kier alpha value is -1.91. The third kappa shape index (κ3) is 2.77. The molecule has 0 amide bonds. The lowest BCUT2D eigenvalue weighted by Gasteiger charge is -2.11. The Labute approximate surface area is 131 Å². The Balaban J connectivity index is 2.00. The van der Waals surface area contributed by atoms with E-state index >= 15 is 0 Å². The average Bonchev–Trinajstić information content (AvgIpc) is 2.90. The SMILES string of the molecule is CN(C)c1ccc2nc(C(=O)c3ccc(Cl)cc3)sc2c1. The van der Waals surface area contributed by atoms with Crippen molar-refractivity contribution >= 4 is 44.6 Å². The Morgan fingerprint density at radius 1 is 1.14 bits per heavy atom. The number of hydrogen-bond acceptors (Lipinski definition) is 4. The number of carbonyl (C=O) groups is 1. The number of hydrogen-bond donors (Lipinski definition) is 0. The van der Waals surface area contributed by atoms with Crippen molar-refractivity contribution in [3.8, 4) is 0 Å². The second-order valence-electron chi connectivity index (χ2n) is 4.90. The van der Waals surface area contributed by atoms with Crippen LogP contribution in [0.3, 0.4) is 0 Å². The fourth-order valence-electron chi connectivity index (χ4n) is 2.01. The molecule has 21 heavy (non-hydrogen) atoms. The van der Waals surface area contributed by atoms with Crippen LogP contribution in [0.25, 0.3) is 10.2 Å². The topological polar surface area (TPSA) is 33.2 Å². The first-order chi connectivity index (χ1) is 10.0.